The van der Waals surface area contributed by atoms with Gasteiger partial charge in [0.15, 0.2) is 17.8 Å². The smallest absolute Gasteiger partial charge is 0.178 e. The minimum absolute atomic E-state index is 0.230. The predicted molar refractivity (Wildman–Crippen MR) is 144 cm³/mol. The van der Waals surface area contributed by atoms with Gasteiger partial charge in [-0.15, -0.1) is 5.11 Å². The first-order valence-electron chi connectivity index (χ1n) is 11.2. The molecular weight excluding hydrogens is 469 g/mol. The summed E-state index contributed by atoms with van der Waals surface area (Å²) in [5.74, 6) is 1.08. The van der Waals surface area contributed by atoms with Crippen molar-refractivity contribution in [2.24, 2.45) is 20.2 Å². The number of nitrogen functional groups attached to an aromatic ring is 1. The van der Waals surface area contributed by atoms with Gasteiger partial charge >= 0.3 is 0 Å². The highest BCUT2D eigenvalue weighted by Gasteiger charge is 2.22. The Morgan fingerprint density at radius 3 is 2.49 bits per heavy atom. The normalized spacial score (nSPS) is 13.2. The van der Waals surface area contributed by atoms with Crippen molar-refractivity contribution in [3.63, 3.8) is 0 Å². The molecule has 0 spiro atoms. The van der Waals surface area contributed by atoms with Crippen molar-refractivity contribution in [3.05, 3.63) is 58.0 Å². The lowest BCUT2D eigenvalue weighted by atomic mass is 10.0. The van der Waals surface area contributed by atoms with Crippen LogP contribution in [0.5, 0.6) is 5.75 Å². The van der Waals surface area contributed by atoms with E-state index in [0.29, 0.717) is 28.3 Å². The van der Waals surface area contributed by atoms with Crippen LogP contribution in [0.2, 0.25) is 5.02 Å². The van der Waals surface area contributed by atoms with E-state index in [2.05, 4.69) is 30.5 Å². The molecule has 3 N–H and O–H groups in total. The molecular formula is C25H35ClFN7O. The van der Waals surface area contributed by atoms with Gasteiger partial charge in [-0.1, -0.05) is 31.5 Å². The summed E-state index contributed by atoms with van der Waals surface area (Å²) in [7, 11) is 6.76. The van der Waals surface area contributed by atoms with Crippen LogP contribution in [0, 0.1) is 5.82 Å². The Morgan fingerprint density at radius 1 is 1.29 bits per heavy atom. The predicted octanol–water partition coefficient (Wildman–Crippen LogP) is 5.93. The van der Waals surface area contributed by atoms with Crippen molar-refractivity contribution in [1.29, 1.82) is 0 Å². The van der Waals surface area contributed by atoms with E-state index in [1.807, 2.05) is 26.8 Å². The zero-order chi connectivity index (χ0) is 26.4. The van der Waals surface area contributed by atoms with Gasteiger partial charge in [-0.05, 0) is 49.7 Å². The number of rotatable bonds is 8. The van der Waals surface area contributed by atoms with E-state index in [1.165, 1.54) is 12.1 Å². The average molecular weight is 504 g/mol. The number of benzene rings is 1. The molecule has 0 bridgehead atoms. The number of aromatic nitrogens is 1. The van der Waals surface area contributed by atoms with Gasteiger partial charge in [-0.2, -0.15) is 5.11 Å². The lowest BCUT2D eigenvalue weighted by molar-refractivity contribution is 0.176. The van der Waals surface area contributed by atoms with Gasteiger partial charge in [0.25, 0.3) is 0 Å². The molecule has 0 aliphatic heterocycles. The number of aliphatic imine (C=N–C) groups is 2. The van der Waals surface area contributed by atoms with E-state index in [0.717, 1.165) is 23.4 Å². The summed E-state index contributed by atoms with van der Waals surface area (Å²) < 4.78 is 20.3. The van der Waals surface area contributed by atoms with Gasteiger partial charge in [-0.25, -0.2) is 9.37 Å². The van der Waals surface area contributed by atoms with E-state index >= 15 is 0 Å². The van der Waals surface area contributed by atoms with Crippen LogP contribution in [0.4, 0.5) is 10.2 Å². The van der Waals surface area contributed by atoms with Gasteiger partial charge in [0.2, 0.25) is 0 Å². The second-order valence-electron chi connectivity index (χ2n) is 7.09. The molecule has 0 saturated heterocycles. The fourth-order valence-electron chi connectivity index (χ4n) is 3.19. The third-order valence-electron chi connectivity index (χ3n) is 4.95. The van der Waals surface area contributed by atoms with Crippen molar-refractivity contribution >= 4 is 35.0 Å². The van der Waals surface area contributed by atoms with Crippen LogP contribution in [0.1, 0.15) is 50.1 Å². The number of allylic oxidation sites excluding steroid dienone is 2. The summed E-state index contributed by atoms with van der Waals surface area (Å²) in [5, 5.41) is 10.8. The van der Waals surface area contributed by atoms with Gasteiger partial charge in [0, 0.05) is 56.1 Å². The van der Waals surface area contributed by atoms with E-state index in [-0.39, 0.29) is 11.6 Å². The number of amidine groups is 1. The fraction of sp³-hybridized carbons (Fsp3) is 0.400. The molecule has 1 aromatic carbocycles. The molecule has 190 valence electrons. The van der Waals surface area contributed by atoms with Crippen LogP contribution in [-0.2, 0) is 6.42 Å². The number of nitrogens with two attached hydrogens (primary N) is 1. The molecule has 8 nitrogen and oxygen atoms in total. The molecule has 0 saturated carbocycles. The SMILES string of the molecule is C/C=C(\C=NC)c1cnc(N)c(OC(NC)c2c(Cl)ccc(F)c2CC)c1.CCC(N=NC)=NC. The second-order valence-corrected chi connectivity index (χ2v) is 7.50. The van der Waals surface area contributed by atoms with Crippen molar-refractivity contribution < 1.29 is 9.13 Å². The highest BCUT2D eigenvalue weighted by atomic mass is 35.5. The van der Waals surface area contributed by atoms with Gasteiger partial charge in [-0.3, -0.25) is 15.3 Å². The van der Waals surface area contributed by atoms with Crippen LogP contribution in [0.15, 0.2) is 50.7 Å². The van der Waals surface area contributed by atoms with E-state index in [1.54, 1.807) is 46.7 Å². The van der Waals surface area contributed by atoms with E-state index in [4.69, 9.17) is 22.1 Å². The van der Waals surface area contributed by atoms with Crippen LogP contribution >= 0.6 is 11.6 Å². The first-order chi connectivity index (χ1) is 16.8. The fourth-order valence-corrected chi connectivity index (χ4v) is 3.47. The molecule has 2 rings (SSSR count). The molecule has 0 amide bonds. The molecule has 0 radical (unpaired) electrons. The Morgan fingerprint density at radius 2 is 2.00 bits per heavy atom. The zero-order valence-electron chi connectivity index (χ0n) is 21.4. The summed E-state index contributed by atoms with van der Waals surface area (Å²) in [5.41, 5.74) is 8.74. The number of nitrogens with one attached hydrogen (secondary N) is 1. The maximum Gasteiger partial charge on any atom is 0.178 e. The topological polar surface area (TPSA) is 110 Å². The molecule has 1 unspecified atom stereocenters. The van der Waals surface area contributed by atoms with E-state index in [9.17, 15) is 4.39 Å². The highest BCUT2D eigenvalue weighted by molar-refractivity contribution is 6.31. The molecule has 0 aliphatic rings. The van der Waals surface area contributed by atoms with Crippen molar-refractivity contribution in [2.75, 3.05) is 33.9 Å². The second kappa shape index (κ2) is 15.7. The number of ether oxygens (including phenoxy) is 1. The molecule has 1 heterocycles. The Balaban J connectivity index is 0.000000658. The number of pyridine rings is 1. The number of anilines is 1. The standard InChI is InChI=1S/C20H24ClFN4O.C5H11N3/c1-5-12(10-24-3)13-9-17(19(23)26-11-13)27-20(25-4)18-14(6-2)16(22)8-7-15(18)21;1-4-5(6-2)8-7-3/h5,7-11,20,25H,6H2,1-4H3,(H2,23,26);4H2,1-3H3/b12-5+,24-10?;. The first-order valence-corrected chi connectivity index (χ1v) is 11.6. The molecule has 1 aromatic heterocycles. The minimum atomic E-state index is -0.684. The van der Waals surface area contributed by atoms with Crippen molar-refractivity contribution in [1.82, 2.24) is 10.3 Å². The van der Waals surface area contributed by atoms with Gasteiger partial charge < -0.3 is 10.5 Å². The van der Waals surface area contributed by atoms with Crippen LogP contribution in [0.3, 0.4) is 0 Å². The molecule has 10 heteroatoms. The average Bonchev–Trinajstić information content (AvgIpc) is 2.87. The number of azo groups is 1. The summed E-state index contributed by atoms with van der Waals surface area (Å²) in [6, 6.07) is 4.66. The Kier molecular flexibility index (Phi) is 13.4. The lowest BCUT2D eigenvalue weighted by Crippen LogP contribution is -2.25. The quantitative estimate of drug-likeness (QED) is 0.201. The monoisotopic (exact) mass is 503 g/mol. The lowest BCUT2D eigenvalue weighted by Gasteiger charge is -2.23. The largest absolute Gasteiger partial charge is 0.467 e. The highest BCUT2D eigenvalue weighted by Crippen LogP contribution is 2.33. The number of halogens is 2. The van der Waals surface area contributed by atoms with Crippen molar-refractivity contribution in [2.45, 2.75) is 39.8 Å². The Hall–Kier alpha value is -3.17. The molecule has 1 atom stereocenters. The number of hydrogen-bond donors (Lipinski definition) is 2. The maximum absolute atomic E-state index is 14.2. The van der Waals surface area contributed by atoms with Crippen LogP contribution in [-0.4, -0.2) is 45.2 Å². The summed E-state index contributed by atoms with van der Waals surface area (Å²) >= 11 is 6.35. The Labute approximate surface area is 212 Å². The third-order valence-corrected chi connectivity index (χ3v) is 5.28. The molecule has 2 aromatic rings. The number of hydrogen-bond acceptors (Lipinski definition) is 7. The van der Waals surface area contributed by atoms with Crippen LogP contribution in [0.25, 0.3) is 5.57 Å². The first kappa shape index (κ1) is 29.9. The summed E-state index contributed by atoms with van der Waals surface area (Å²) in [6.07, 6.45) is 5.95. The molecule has 35 heavy (non-hydrogen) atoms. The molecule has 0 fully saturated rings. The summed E-state index contributed by atoms with van der Waals surface area (Å²) in [4.78, 5) is 12.1. The van der Waals surface area contributed by atoms with Crippen molar-refractivity contribution in [3.8, 4) is 5.75 Å². The zero-order valence-corrected chi connectivity index (χ0v) is 22.2. The van der Waals surface area contributed by atoms with Gasteiger partial charge in [0.1, 0.15) is 11.7 Å². The third kappa shape index (κ3) is 8.52. The van der Waals surface area contributed by atoms with Gasteiger partial charge in [0.05, 0.1) is 0 Å². The van der Waals surface area contributed by atoms with E-state index < -0.39 is 6.23 Å². The summed E-state index contributed by atoms with van der Waals surface area (Å²) in [6.45, 7) is 5.77. The minimum Gasteiger partial charge on any atom is -0.467 e. The maximum atomic E-state index is 14.2. The molecule has 0 aliphatic carbocycles. The Bertz CT molecular complexity index is 1080. The van der Waals surface area contributed by atoms with Crippen LogP contribution < -0.4 is 15.8 Å². The number of nitrogens with zero attached hydrogens (tertiary/aromatic N) is 5.